The van der Waals surface area contributed by atoms with Crippen LogP contribution in [0.15, 0.2) is 60.8 Å². The van der Waals surface area contributed by atoms with Crippen LogP contribution >= 0.6 is 23.2 Å². The fourth-order valence-electron chi connectivity index (χ4n) is 3.53. The minimum Gasteiger partial charge on any atom is -0.508 e. The van der Waals surface area contributed by atoms with E-state index in [2.05, 4.69) is 5.32 Å². The van der Waals surface area contributed by atoms with Crippen LogP contribution < -0.4 is 5.32 Å². The highest BCUT2D eigenvalue weighted by Crippen LogP contribution is 2.38. The van der Waals surface area contributed by atoms with Gasteiger partial charge in [0.05, 0.1) is 26.9 Å². The number of ketones is 1. The first-order valence-electron chi connectivity index (χ1n) is 9.92. The molecule has 0 radical (unpaired) electrons. The van der Waals surface area contributed by atoms with Crippen molar-refractivity contribution in [3.8, 4) is 5.75 Å². The van der Waals surface area contributed by atoms with Crippen molar-refractivity contribution in [2.45, 2.75) is 12.7 Å². The molecule has 0 aliphatic heterocycles. The van der Waals surface area contributed by atoms with Crippen molar-refractivity contribution in [1.82, 2.24) is 4.57 Å². The number of nitrogens with one attached hydrogen (secondary N) is 1. The van der Waals surface area contributed by atoms with Crippen molar-refractivity contribution in [1.29, 1.82) is 0 Å². The number of anilines is 1. The van der Waals surface area contributed by atoms with Gasteiger partial charge in [-0.25, -0.2) is 4.39 Å². The summed E-state index contributed by atoms with van der Waals surface area (Å²) in [6, 6.07) is 11.1. The van der Waals surface area contributed by atoms with Gasteiger partial charge in [-0.1, -0.05) is 35.3 Å². The van der Waals surface area contributed by atoms with Crippen LogP contribution in [0.1, 0.15) is 21.5 Å². The highest BCUT2D eigenvalue weighted by Gasteiger charge is 2.32. The Balaban J connectivity index is 1.67. The van der Waals surface area contributed by atoms with Crippen molar-refractivity contribution in [2.24, 2.45) is 0 Å². The number of aromatic nitrogens is 1. The van der Waals surface area contributed by atoms with E-state index in [0.717, 1.165) is 0 Å². The number of phenols is 1. The van der Waals surface area contributed by atoms with E-state index in [1.807, 2.05) is 0 Å². The number of benzene rings is 3. The Bertz CT molecular complexity index is 1440. The van der Waals surface area contributed by atoms with Gasteiger partial charge in [0.1, 0.15) is 11.6 Å². The maximum Gasteiger partial charge on any atom is 0.416 e. The predicted molar refractivity (Wildman–Crippen MR) is 124 cm³/mol. The van der Waals surface area contributed by atoms with Gasteiger partial charge >= 0.3 is 6.18 Å². The first kappa shape index (κ1) is 24.6. The molecule has 0 aliphatic carbocycles. The molecule has 0 atom stereocenters. The Morgan fingerprint density at radius 1 is 0.971 bits per heavy atom. The zero-order valence-electron chi connectivity index (χ0n) is 17.5. The molecule has 1 heterocycles. The molecule has 4 rings (SSSR count). The normalized spacial score (nSPS) is 11.6. The highest BCUT2D eigenvalue weighted by molar-refractivity contribution is 6.50. The average Bonchev–Trinajstić information content (AvgIpc) is 3.13. The van der Waals surface area contributed by atoms with Crippen molar-refractivity contribution in [3.63, 3.8) is 0 Å². The lowest BCUT2D eigenvalue weighted by Crippen LogP contribution is -2.23. The minimum atomic E-state index is -4.71. The van der Waals surface area contributed by atoms with Crippen LogP contribution in [-0.4, -0.2) is 21.4 Å². The zero-order valence-corrected chi connectivity index (χ0v) is 19.0. The SMILES string of the molecule is O=C(Nc1c(Cl)cc(C(F)(F)F)cc1Cl)C(=O)c1cn(Cc2ccc(F)cc2)c2ccc(O)cc12. The summed E-state index contributed by atoms with van der Waals surface area (Å²) >= 11 is 11.8. The third kappa shape index (κ3) is 5.11. The molecule has 0 spiro atoms. The third-order valence-corrected chi connectivity index (χ3v) is 5.79. The number of phenolic OH excluding ortho intramolecular Hbond substituents is 1. The second kappa shape index (κ2) is 9.24. The molecule has 0 bridgehead atoms. The lowest BCUT2D eigenvalue weighted by molar-refractivity contribution is -0.137. The maximum atomic E-state index is 13.2. The Kier molecular flexibility index (Phi) is 6.48. The topological polar surface area (TPSA) is 71.3 Å². The number of aromatic hydroxyl groups is 1. The average molecular weight is 525 g/mol. The molecule has 0 saturated carbocycles. The fraction of sp³-hybridized carbons (Fsp3) is 0.0833. The molecule has 0 saturated heterocycles. The number of amides is 1. The monoisotopic (exact) mass is 524 g/mol. The zero-order chi connectivity index (χ0) is 25.5. The molecule has 1 aromatic heterocycles. The summed E-state index contributed by atoms with van der Waals surface area (Å²) in [7, 11) is 0. The summed E-state index contributed by atoms with van der Waals surface area (Å²) in [5.74, 6) is -2.80. The lowest BCUT2D eigenvalue weighted by Gasteiger charge is -2.12. The van der Waals surface area contributed by atoms with Gasteiger partial charge < -0.3 is 15.0 Å². The quantitative estimate of drug-likeness (QED) is 0.174. The standard InChI is InChI=1S/C24H14Cl2F4N2O3/c25-18-7-13(24(28,29)30)8-19(26)21(18)31-23(35)22(34)17-11-32(10-12-1-3-14(27)4-2-12)20-6-5-15(33)9-16(17)20/h1-9,11,33H,10H2,(H,31,35). The predicted octanol–water partition coefficient (Wildman–Crippen LogP) is 6.68. The fourth-order valence-corrected chi connectivity index (χ4v) is 4.11. The van der Waals surface area contributed by atoms with E-state index in [1.165, 1.54) is 30.5 Å². The van der Waals surface area contributed by atoms with Gasteiger partial charge in [-0.3, -0.25) is 9.59 Å². The Hall–Kier alpha value is -3.56. The van der Waals surface area contributed by atoms with Crippen LogP contribution in [0.2, 0.25) is 10.0 Å². The molecule has 0 fully saturated rings. The Labute approximate surface area is 205 Å². The van der Waals surface area contributed by atoms with E-state index in [0.29, 0.717) is 23.2 Å². The molecule has 1 amide bonds. The second-order valence-corrected chi connectivity index (χ2v) is 8.41. The van der Waals surface area contributed by atoms with E-state index in [-0.39, 0.29) is 28.9 Å². The van der Waals surface area contributed by atoms with Gasteiger partial charge in [-0.15, -0.1) is 0 Å². The molecule has 2 N–H and O–H groups in total. The number of hydrogen-bond acceptors (Lipinski definition) is 3. The maximum absolute atomic E-state index is 13.2. The van der Waals surface area contributed by atoms with Gasteiger partial charge in [-0.05, 0) is 48.0 Å². The van der Waals surface area contributed by atoms with Gasteiger partial charge in [0, 0.05) is 23.6 Å². The van der Waals surface area contributed by atoms with Crippen LogP contribution in [-0.2, 0) is 17.5 Å². The van der Waals surface area contributed by atoms with E-state index >= 15 is 0 Å². The van der Waals surface area contributed by atoms with Gasteiger partial charge in [0.25, 0.3) is 11.7 Å². The van der Waals surface area contributed by atoms with Gasteiger partial charge in [0.2, 0.25) is 0 Å². The number of hydrogen-bond donors (Lipinski definition) is 2. The van der Waals surface area contributed by atoms with Crippen LogP contribution in [0.25, 0.3) is 10.9 Å². The molecule has 35 heavy (non-hydrogen) atoms. The molecule has 0 aliphatic rings. The summed E-state index contributed by atoms with van der Waals surface area (Å²) in [6.45, 7) is 0.229. The third-order valence-electron chi connectivity index (χ3n) is 5.19. The van der Waals surface area contributed by atoms with E-state index in [9.17, 15) is 32.3 Å². The molecule has 4 aromatic rings. The summed E-state index contributed by atoms with van der Waals surface area (Å²) in [6.07, 6.45) is -3.31. The number of rotatable bonds is 5. The van der Waals surface area contributed by atoms with Crippen LogP contribution in [0.5, 0.6) is 5.75 Å². The minimum absolute atomic E-state index is 0.0744. The van der Waals surface area contributed by atoms with E-state index in [4.69, 9.17) is 23.2 Å². The number of halogens is 6. The van der Waals surface area contributed by atoms with Crippen LogP contribution in [0, 0.1) is 5.82 Å². The molecular formula is C24H14Cl2F4N2O3. The first-order chi connectivity index (χ1) is 16.4. The summed E-state index contributed by atoms with van der Waals surface area (Å²) in [5.41, 5.74) is -0.319. The molecule has 0 unspecified atom stereocenters. The number of nitrogens with zero attached hydrogens (tertiary/aromatic N) is 1. The van der Waals surface area contributed by atoms with Crippen molar-refractivity contribution < 1.29 is 32.3 Å². The van der Waals surface area contributed by atoms with Crippen LogP contribution in [0.4, 0.5) is 23.2 Å². The first-order valence-corrected chi connectivity index (χ1v) is 10.7. The Morgan fingerprint density at radius 2 is 1.60 bits per heavy atom. The molecule has 3 aromatic carbocycles. The van der Waals surface area contributed by atoms with Crippen molar-refractivity contribution in [3.05, 3.63) is 93.3 Å². The molecule has 5 nitrogen and oxygen atoms in total. The van der Waals surface area contributed by atoms with Crippen LogP contribution in [0.3, 0.4) is 0 Å². The number of carbonyl (C=O) groups excluding carboxylic acids is 2. The highest BCUT2D eigenvalue weighted by atomic mass is 35.5. The summed E-state index contributed by atoms with van der Waals surface area (Å²) in [5, 5.41) is 11.3. The number of alkyl halides is 3. The second-order valence-electron chi connectivity index (χ2n) is 7.59. The van der Waals surface area contributed by atoms with Crippen molar-refractivity contribution in [2.75, 3.05) is 5.32 Å². The smallest absolute Gasteiger partial charge is 0.416 e. The molecule has 180 valence electrons. The number of fused-ring (bicyclic) bond motifs is 1. The van der Waals surface area contributed by atoms with E-state index in [1.54, 1.807) is 22.8 Å². The number of carbonyl (C=O) groups is 2. The molecule has 11 heteroatoms. The van der Waals surface area contributed by atoms with E-state index < -0.39 is 39.3 Å². The Morgan fingerprint density at radius 3 is 2.20 bits per heavy atom. The lowest BCUT2D eigenvalue weighted by atomic mass is 10.1. The molecular weight excluding hydrogens is 511 g/mol. The van der Waals surface area contributed by atoms with Gasteiger partial charge in [-0.2, -0.15) is 13.2 Å². The van der Waals surface area contributed by atoms with Crippen molar-refractivity contribution >= 4 is 51.5 Å². The largest absolute Gasteiger partial charge is 0.508 e. The number of Topliss-reactive ketones (excluding diaryl/α,β-unsaturated/α-hetero) is 1. The summed E-state index contributed by atoms with van der Waals surface area (Å²) in [4.78, 5) is 25.7. The van der Waals surface area contributed by atoms with Gasteiger partial charge in [0.15, 0.2) is 0 Å². The summed E-state index contributed by atoms with van der Waals surface area (Å²) < 4.78 is 53.7.